The monoisotopic (exact) mass is 569 g/mol. The summed E-state index contributed by atoms with van der Waals surface area (Å²) in [6.07, 6.45) is 0.366. The van der Waals surface area contributed by atoms with Crippen LogP contribution in [-0.4, -0.2) is 43.8 Å². The molecule has 3 aromatic rings. The molecule has 1 N–H and O–H groups in total. The van der Waals surface area contributed by atoms with Crippen LogP contribution in [0, 0.1) is 13.8 Å². The number of hydrogen-bond donors (Lipinski definition) is 1. The van der Waals surface area contributed by atoms with E-state index in [-0.39, 0.29) is 23.4 Å². The number of carbonyl (C=O) groups excluding carboxylic acids is 2. The van der Waals surface area contributed by atoms with Crippen LogP contribution in [0.3, 0.4) is 0 Å². The van der Waals surface area contributed by atoms with Crippen molar-refractivity contribution in [2.24, 2.45) is 0 Å². The molecule has 1 atom stereocenters. The Morgan fingerprint density at radius 1 is 0.923 bits per heavy atom. The number of halogens is 1. The quantitative estimate of drug-likeness (QED) is 0.331. The summed E-state index contributed by atoms with van der Waals surface area (Å²) in [5.41, 5.74) is 3.08. The van der Waals surface area contributed by atoms with E-state index in [0.717, 1.165) is 21.0 Å². The number of nitrogens with zero attached hydrogens (tertiary/aromatic N) is 2. The van der Waals surface area contributed by atoms with Crippen molar-refractivity contribution in [1.82, 2.24) is 10.2 Å². The Labute approximate surface area is 236 Å². The number of rotatable bonds is 11. The average Bonchev–Trinajstić information content (AvgIpc) is 2.89. The first kappa shape index (κ1) is 30.2. The summed E-state index contributed by atoms with van der Waals surface area (Å²) >= 11 is 6.01. The number of sulfonamides is 1. The second-order valence-corrected chi connectivity index (χ2v) is 12.1. The zero-order valence-electron chi connectivity index (χ0n) is 23.0. The average molecular weight is 570 g/mol. The van der Waals surface area contributed by atoms with Gasteiger partial charge in [-0.2, -0.15) is 0 Å². The van der Waals surface area contributed by atoms with E-state index in [1.165, 1.54) is 29.2 Å². The molecule has 0 aliphatic rings. The Balaban J connectivity index is 2.07. The van der Waals surface area contributed by atoms with E-state index in [2.05, 4.69) is 5.32 Å². The molecule has 39 heavy (non-hydrogen) atoms. The molecule has 2 amide bonds. The molecule has 7 nitrogen and oxygen atoms in total. The zero-order chi connectivity index (χ0) is 28.7. The highest BCUT2D eigenvalue weighted by atomic mass is 35.5. The fourth-order valence-electron chi connectivity index (χ4n) is 4.22. The number of aryl methyl sites for hydroxylation is 2. The lowest BCUT2D eigenvalue weighted by molar-refractivity contribution is -0.140. The van der Waals surface area contributed by atoms with Crippen molar-refractivity contribution in [2.75, 3.05) is 10.8 Å². The normalized spacial score (nSPS) is 12.2. The van der Waals surface area contributed by atoms with E-state index < -0.39 is 28.5 Å². The molecule has 3 aromatic carbocycles. The second-order valence-electron chi connectivity index (χ2n) is 9.83. The van der Waals surface area contributed by atoms with Gasteiger partial charge in [-0.25, -0.2) is 8.42 Å². The maximum absolute atomic E-state index is 14.0. The summed E-state index contributed by atoms with van der Waals surface area (Å²) in [6.45, 7) is 9.04. The maximum atomic E-state index is 14.0. The first-order chi connectivity index (χ1) is 18.4. The Morgan fingerprint density at radius 2 is 1.56 bits per heavy atom. The number of anilines is 1. The van der Waals surface area contributed by atoms with Gasteiger partial charge in [0.2, 0.25) is 11.8 Å². The van der Waals surface area contributed by atoms with Crippen molar-refractivity contribution in [3.05, 3.63) is 94.5 Å². The van der Waals surface area contributed by atoms with Gasteiger partial charge in [-0.05, 0) is 87.2 Å². The third kappa shape index (κ3) is 7.61. The molecular formula is C30H36ClN3O4S. The molecule has 0 spiro atoms. The van der Waals surface area contributed by atoms with Crippen molar-refractivity contribution >= 4 is 39.1 Å². The lowest BCUT2D eigenvalue weighted by Gasteiger charge is -2.33. The molecule has 0 saturated carbocycles. The number of carbonyl (C=O) groups is 2. The van der Waals surface area contributed by atoms with Crippen LogP contribution in [-0.2, 0) is 26.2 Å². The lowest BCUT2D eigenvalue weighted by atomic mass is 10.1. The first-order valence-electron chi connectivity index (χ1n) is 12.9. The molecule has 3 rings (SSSR count). The number of benzene rings is 3. The van der Waals surface area contributed by atoms with Gasteiger partial charge in [-0.1, -0.05) is 54.9 Å². The van der Waals surface area contributed by atoms with Crippen molar-refractivity contribution < 1.29 is 18.0 Å². The molecule has 208 valence electrons. The fraction of sp³-hybridized carbons (Fsp3) is 0.333. The summed E-state index contributed by atoms with van der Waals surface area (Å²) in [5.74, 6) is -0.768. The minimum atomic E-state index is -4.15. The van der Waals surface area contributed by atoms with Gasteiger partial charge in [0.15, 0.2) is 0 Å². The summed E-state index contributed by atoms with van der Waals surface area (Å²) in [5, 5.41) is 3.30. The van der Waals surface area contributed by atoms with Crippen LogP contribution < -0.4 is 9.62 Å². The number of amides is 2. The molecule has 0 saturated heterocycles. The molecule has 0 fully saturated rings. The molecule has 0 radical (unpaired) electrons. The highest BCUT2D eigenvalue weighted by Crippen LogP contribution is 2.27. The Kier molecular flexibility index (Phi) is 10.2. The fourth-order valence-corrected chi connectivity index (χ4v) is 5.76. The van der Waals surface area contributed by atoms with E-state index in [1.807, 2.05) is 71.0 Å². The zero-order valence-corrected chi connectivity index (χ0v) is 24.6. The molecule has 9 heteroatoms. The minimum Gasteiger partial charge on any atom is -0.352 e. The first-order valence-corrected chi connectivity index (χ1v) is 14.7. The highest BCUT2D eigenvalue weighted by molar-refractivity contribution is 7.92. The van der Waals surface area contributed by atoms with Crippen LogP contribution in [0.2, 0.25) is 5.02 Å². The SMILES string of the molecule is CC[C@@H](C(=O)NC(C)C)N(Cc1ccccc1)C(=O)CN(c1ccc(C)c(C)c1)S(=O)(=O)c1ccc(Cl)cc1. The van der Waals surface area contributed by atoms with Crippen LogP contribution in [0.4, 0.5) is 5.69 Å². The highest BCUT2D eigenvalue weighted by Gasteiger charge is 2.34. The third-order valence-electron chi connectivity index (χ3n) is 6.47. The largest absolute Gasteiger partial charge is 0.352 e. The third-order valence-corrected chi connectivity index (χ3v) is 8.51. The van der Waals surface area contributed by atoms with Gasteiger partial charge in [0.05, 0.1) is 10.6 Å². The molecule has 0 unspecified atom stereocenters. The number of nitrogens with one attached hydrogen (secondary N) is 1. The van der Waals surface area contributed by atoms with E-state index in [1.54, 1.807) is 12.1 Å². The van der Waals surface area contributed by atoms with Crippen molar-refractivity contribution in [3.63, 3.8) is 0 Å². The van der Waals surface area contributed by atoms with Crippen LogP contribution in [0.5, 0.6) is 0 Å². The number of hydrogen-bond acceptors (Lipinski definition) is 4. The van der Waals surface area contributed by atoms with Gasteiger partial charge < -0.3 is 10.2 Å². The van der Waals surface area contributed by atoms with Crippen LogP contribution in [0.25, 0.3) is 0 Å². The van der Waals surface area contributed by atoms with Gasteiger partial charge >= 0.3 is 0 Å². The standard InChI is InChI=1S/C30H36ClN3O4S/c1-6-28(30(36)32-21(2)3)33(19-24-10-8-7-9-11-24)29(35)20-34(26-15-12-22(4)23(5)18-26)39(37,38)27-16-13-25(31)14-17-27/h7-18,21,28H,6,19-20H2,1-5H3,(H,32,36)/t28-/m0/s1. The summed E-state index contributed by atoms with van der Waals surface area (Å²) < 4.78 is 28.9. The topological polar surface area (TPSA) is 86.8 Å². The van der Waals surface area contributed by atoms with Crippen LogP contribution in [0.1, 0.15) is 43.9 Å². The molecule has 0 aliphatic carbocycles. The molecule has 0 bridgehead atoms. The summed E-state index contributed by atoms with van der Waals surface area (Å²) in [7, 11) is -4.15. The van der Waals surface area contributed by atoms with Crippen molar-refractivity contribution in [1.29, 1.82) is 0 Å². The molecule has 0 aliphatic heterocycles. The molecule has 0 heterocycles. The summed E-state index contributed by atoms with van der Waals surface area (Å²) in [6, 6.07) is 19.6. The smallest absolute Gasteiger partial charge is 0.264 e. The lowest BCUT2D eigenvalue weighted by Crippen LogP contribution is -2.53. The van der Waals surface area contributed by atoms with E-state index in [4.69, 9.17) is 11.6 Å². The van der Waals surface area contributed by atoms with Crippen molar-refractivity contribution in [2.45, 2.75) is 64.6 Å². The van der Waals surface area contributed by atoms with Gasteiger partial charge in [0.25, 0.3) is 10.0 Å². The predicted molar refractivity (Wildman–Crippen MR) is 156 cm³/mol. The molecule has 0 aromatic heterocycles. The van der Waals surface area contributed by atoms with Crippen LogP contribution >= 0.6 is 11.6 Å². The summed E-state index contributed by atoms with van der Waals surface area (Å²) in [4.78, 5) is 28.7. The second kappa shape index (κ2) is 13.1. The Bertz CT molecular complexity index is 1390. The Morgan fingerprint density at radius 3 is 2.13 bits per heavy atom. The van der Waals surface area contributed by atoms with Gasteiger partial charge in [-0.15, -0.1) is 0 Å². The minimum absolute atomic E-state index is 0.0112. The van der Waals surface area contributed by atoms with Crippen LogP contribution in [0.15, 0.2) is 77.7 Å². The predicted octanol–water partition coefficient (Wildman–Crippen LogP) is 5.48. The van der Waals surface area contributed by atoms with E-state index in [0.29, 0.717) is 17.1 Å². The van der Waals surface area contributed by atoms with Crippen molar-refractivity contribution in [3.8, 4) is 0 Å². The van der Waals surface area contributed by atoms with Gasteiger partial charge in [-0.3, -0.25) is 13.9 Å². The van der Waals surface area contributed by atoms with E-state index >= 15 is 0 Å². The van der Waals surface area contributed by atoms with Gasteiger partial charge in [0, 0.05) is 17.6 Å². The van der Waals surface area contributed by atoms with E-state index in [9.17, 15) is 18.0 Å². The Hall–Kier alpha value is -3.36. The molecular weight excluding hydrogens is 534 g/mol. The maximum Gasteiger partial charge on any atom is 0.264 e. The van der Waals surface area contributed by atoms with Gasteiger partial charge in [0.1, 0.15) is 12.6 Å².